The van der Waals surface area contributed by atoms with Crippen LogP contribution < -0.4 is 10.6 Å². The molecular weight excluding hydrogens is 405 g/mol. The number of amides is 1. The van der Waals surface area contributed by atoms with Crippen molar-refractivity contribution < 1.29 is 17.6 Å². The molecule has 1 aromatic carbocycles. The molecule has 150 valence electrons. The minimum Gasteiger partial charge on any atom is -0.377 e. The van der Waals surface area contributed by atoms with Crippen LogP contribution in [0, 0.1) is 5.82 Å². The number of halogens is 2. The van der Waals surface area contributed by atoms with E-state index in [1.807, 2.05) is 25.1 Å². The van der Waals surface area contributed by atoms with Gasteiger partial charge in [-0.2, -0.15) is 0 Å². The molecule has 0 unspecified atom stereocenters. The first-order chi connectivity index (χ1) is 13.1. The summed E-state index contributed by atoms with van der Waals surface area (Å²) in [6, 6.07) is 7.66. The van der Waals surface area contributed by atoms with E-state index in [0.717, 1.165) is 17.2 Å². The van der Waals surface area contributed by atoms with E-state index in [4.69, 9.17) is 11.6 Å². The van der Waals surface area contributed by atoms with Crippen molar-refractivity contribution in [3.63, 3.8) is 0 Å². The van der Waals surface area contributed by atoms with Crippen molar-refractivity contribution in [3.05, 3.63) is 70.1 Å². The summed E-state index contributed by atoms with van der Waals surface area (Å²) in [6.07, 6.45) is 3.68. The fraction of sp³-hybridized carbons (Fsp3) is 0.263. The third-order valence-corrected chi connectivity index (χ3v) is 4.78. The van der Waals surface area contributed by atoms with Gasteiger partial charge in [0.25, 0.3) is 5.91 Å². The van der Waals surface area contributed by atoms with E-state index in [1.165, 1.54) is 18.3 Å². The molecule has 0 radical (unpaired) electrons. The summed E-state index contributed by atoms with van der Waals surface area (Å²) >= 11 is 6.16. The second kappa shape index (κ2) is 9.16. The van der Waals surface area contributed by atoms with Crippen molar-refractivity contribution in [1.82, 2.24) is 10.3 Å². The van der Waals surface area contributed by atoms with Crippen LogP contribution in [0.2, 0.25) is 5.02 Å². The molecule has 0 bridgehead atoms. The van der Waals surface area contributed by atoms with E-state index < -0.39 is 27.6 Å². The largest absolute Gasteiger partial charge is 0.377 e. The lowest BCUT2D eigenvalue weighted by Crippen LogP contribution is -2.32. The van der Waals surface area contributed by atoms with Gasteiger partial charge in [0.1, 0.15) is 0 Å². The number of carbonyl (C=O) groups excluding carboxylic acids is 1. The lowest BCUT2D eigenvalue weighted by Gasteiger charge is -2.17. The highest BCUT2D eigenvalue weighted by molar-refractivity contribution is 7.93. The molecule has 1 amide bonds. The third-order valence-electron chi connectivity index (χ3n) is 3.78. The molecule has 0 aliphatic heterocycles. The molecule has 1 heterocycles. The normalized spacial score (nSPS) is 13.9. The highest BCUT2D eigenvalue weighted by Gasteiger charge is 2.17. The molecule has 0 spiro atoms. The van der Waals surface area contributed by atoms with Crippen molar-refractivity contribution in [2.45, 2.75) is 25.9 Å². The zero-order valence-corrected chi connectivity index (χ0v) is 17.2. The zero-order valence-electron chi connectivity index (χ0n) is 15.6. The molecule has 2 atom stereocenters. The topological polar surface area (TPSA) is 88.2 Å². The second-order valence-electron chi connectivity index (χ2n) is 6.36. The SMILES string of the molecule is C[C@H](/C=C/S(C)(=O)=O)NC(=O)c1ncc(N[C@@H](C)c2ccccc2Cl)cc1F. The number of anilines is 1. The Balaban J connectivity index is 2.08. The summed E-state index contributed by atoms with van der Waals surface area (Å²) in [6.45, 7) is 3.44. The number of hydrogen-bond donors (Lipinski definition) is 2. The predicted octanol–water partition coefficient (Wildman–Crippen LogP) is 3.72. The number of pyridine rings is 1. The minimum atomic E-state index is -3.31. The van der Waals surface area contributed by atoms with Gasteiger partial charge in [-0.1, -0.05) is 35.9 Å². The first-order valence-electron chi connectivity index (χ1n) is 8.42. The van der Waals surface area contributed by atoms with Crippen LogP contribution in [-0.2, 0) is 9.84 Å². The molecule has 0 fully saturated rings. The third kappa shape index (κ3) is 6.31. The lowest BCUT2D eigenvalue weighted by atomic mass is 10.1. The quantitative estimate of drug-likeness (QED) is 0.705. The molecule has 28 heavy (non-hydrogen) atoms. The molecule has 2 N–H and O–H groups in total. The van der Waals surface area contributed by atoms with Crippen molar-refractivity contribution in [2.75, 3.05) is 11.6 Å². The molecule has 0 aliphatic rings. The Bertz CT molecular complexity index is 996. The highest BCUT2D eigenvalue weighted by atomic mass is 35.5. The summed E-state index contributed by atoms with van der Waals surface area (Å²) in [5.41, 5.74) is 0.861. The molecule has 9 heteroatoms. The maximum absolute atomic E-state index is 14.4. The van der Waals surface area contributed by atoms with Gasteiger partial charge >= 0.3 is 0 Å². The average Bonchev–Trinajstić information content (AvgIpc) is 2.59. The summed E-state index contributed by atoms with van der Waals surface area (Å²) in [5.74, 6) is -1.54. The molecule has 1 aromatic heterocycles. The Labute approximate surface area is 168 Å². The molecule has 0 saturated heterocycles. The van der Waals surface area contributed by atoms with Gasteiger partial charge in [-0.3, -0.25) is 4.79 Å². The smallest absolute Gasteiger partial charge is 0.273 e. The Kier molecular flexibility index (Phi) is 7.15. The van der Waals surface area contributed by atoms with Gasteiger partial charge < -0.3 is 10.6 Å². The average molecular weight is 426 g/mol. The van der Waals surface area contributed by atoms with Crippen LogP contribution in [0.4, 0.5) is 10.1 Å². The predicted molar refractivity (Wildman–Crippen MR) is 109 cm³/mol. The zero-order chi connectivity index (χ0) is 20.9. The van der Waals surface area contributed by atoms with Crippen LogP contribution in [0.15, 0.2) is 48.0 Å². The van der Waals surface area contributed by atoms with Crippen LogP contribution in [-0.4, -0.2) is 31.6 Å². The molecule has 2 aromatic rings. The maximum Gasteiger partial charge on any atom is 0.273 e. The Morgan fingerprint density at radius 2 is 1.96 bits per heavy atom. The monoisotopic (exact) mass is 425 g/mol. The number of aromatic nitrogens is 1. The summed E-state index contributed by atoms with van der Waals surface area (Å²) in [7, 11) is -3.31. The van der Waals surface area contributed by atoms with E-state index in [9.17, 15) is 17.6 Å². The van der Waals surface area contributed by atoms with E-state index in [-0.39, 0.29) is 11.7 Å². The first kappa shape index (κ1) is 21.8. The first-order valence-corrected chi connectivity index (χ1v) is 10.8. The van der Waals surface area contributed by atoms with Crippen molar-refractivity contribution >= 4 is 33.0 Å². The number of carbonyl (C=O) groups is 1. The fourth-order valence-corrected chi connectivity index (χ4v) is 3.24. The van der Waals surface area contributed by atoms with Crippen LogP contribution >= 0.6 is 11.6 Å². The van der Waals surface area contributed by atoms with Crippen molar-refractivity contribution in [3.8, 4) is 0 Å². The van der Waals surface area contributed by atoms with E-state index in [1.54, 1.807) is 13.0 Å². The van der Waals surface area contributed by atoms with E-state index in [2.05, 4.69) is 15.6 Å². The van der Waals surface area contributed by atoms with E-state index >= 15 is 0 Å². The Hall–Kier alpha value is -2.45. The molecule has 6 nitrogen and oxygen atoms in total. The van der Waals surface area contributed by atoms with Gasteiger partial charge in [0.05, 0.1) is 17.9 Å². The Morgan fingerprint density at radius 3 is 2.57 bits per heavy atom. The van der Waals surface area contributed by atoms with Gasteiger partial charge in [-0.15, -0.1) is 0 Å². The lowest BCUT2D eigenvalue weighted by molar-refractivity contribution is 0.0937. The second-order valence-corrected chi connectivity index (χ2v) is 8.70. The number of benzene rings is 1. The standard InChI is InChI=1S/C19H21ClFN3O3S/c1-12(8-9-28(3,26)27)23-19(25)18-17(21)10-14(11-22-18)24-13(2)15-6-4-5-7-16(15)20/h4-13,24H,1-3H3,(H,23,25)/b9-8+/t12-,13+/m1/s1. The van der Waals surface area contributed by atoms with Crippen LogP contribution in [0.25, 0.3) is 0 Å². The van der Waals surface area contributed by atoms with E-state index in [0.29, 0.717) is 10.7 Å². The van der Waals surface area contributed by atoms with Gasteiger partial charge in [0.15, 0.2) is 21.3 Å². The van der Waals surface area contributed by atoms with Crippen LogP contribution in [0.1, 0.15) is 35.9 Å². The molecule has 2 rings (SSSR count). The number of rotatable bonds is 7. The van der Waals surface area contributed by atoms with Crippen LogP contribution in [0.5, 0.6) is 0 Å². The molecular formula is C19H21ClFN3O3S. The Morgan fingerprint density at radius 1 is 1.29 bits per heavy atom. The summed E-state index contributed by atoms with van der Waals surface area (Å²) in [5, 5.41) is 7.12. The van der Waals surface area contributed by atoms with Gasteiger partial charge in [-0.25, -0.2) is 17.8 Å². The number of nitrogens with one attached hydrogen (secondary N) is 2. The maximum atomic E-state index is 14.4. The van der Waals surface area contributed by atoms with Crippen molar-refractivity contribution in [2.24, 2.45) is 0 Å². The molecule has 0 aliphatic carbocycles. The summed E-state index contributed by atoms with van der Waals surface area (Å²) < 4.78 is 36.6. The van der Waals surface area contributed by atoms with Crippen LogP contribution in [0.3, 0.4) is 0 Å². The van der Waals surface area contributed by atoms with Crippen molar-refractivity contribution in [1.29, 1.82) is 0 Å². The number of hydrogen-bond acceptors (Lipinski definition) is 5. The fourth-order valence-electron chi connectivity index (χ4n) is 2.42. The molecule has 0 saturated carbocycles. The highest BCUT2D eigenvalue weighted by Crippen LogP contribution is 2.25. The van der Waals surface area contributed by atoms with Gasteiger partial charge in [0.2, 0.25) is 0 Å². The summed E-state index contributed by atoms with van der Waals surface area (Å²) in [4.78, 5) is 16.0. The van der Waals surface area contributed by atoms with Gasteiger partial charge in [0, 0.05) is 28.8 Å². The number of sulfone groups is 1. The minimum absolute atomic E-state index is 0.198. The number of nitrogens with zero attached hydrogens (tertiary/aromatic N) is 1. The van der Waals surface area contributed by atoms with Gasteiger partial charge in [-0.05, 0) is 25.5 Å².